The van der Waals surface area contributed by atoms with Crippen LogP contribution in [0, 0.1) is 5.92 Å². The van der Waals surface area contributed by atoms with E-state index in [1.54, 1.807) is 0 Å². The van der Waals surface area contributed by atoms with Gasteiger partial charge in [-0.3, -0.25) is 4.79 Å². The van der Waals surface area contributed by atoms with Gasteiger partial charge in [-0.15, -0.1) is 0 Å². The van der Waals surface area contributed by atoms with E-state index in [1.165, 1.54) is 0 Å². The van der Waals surface area contributed by atoms with Gasteiger partial charge < -0.3 is 10.4 Å². The van der Waals surface area contributed by atoms with Crippen LogP contribution in [0.3, 0.4) is 0 Å². The molecule has 0 aliphatic heterocycles. The number of halogens is 3. The van der Waals surface area contributed by atoms with Gasteiger partial charge in [0.25, 0.3) is 0 Å². The lowest BCUT2D eigenvalue weighted by molar-refractivity contribution is -0.184. The summed E-state index contributed by atoms with van der Waals surface area (Å²) < 4.78 is 37.5. The van der Waals surface area contributed by atoms with Crippen LogP contribution in [0.1, 0.15) is 25.7 Å². The van der Waals surface area contributed by atoms with Gasteiger partial charge in [0.2, 0.25) is 5.91 Å². The molecule has 0 heterocycles. The SMILES string of the molecule is O=C(O)/C=C/C(=O)N[C@@H]1CCC[C@H](C(F)(F)F)C1. The van der Waals surface area contributed by atoms with Crippen molar-refractivity contribution in [1.29, 1.82) is 0 Å². The van der Waals surface area contributed by atoms with Crippen molar-refractivity contribution in [2.45, 2.75) is 37.9 Å². The van der Waals surface area contributed by atoms with Gasteiger partial charge in [0.05, 0.1) is 5.92 Å². The molecular formula is C11H14F3NO3. The number of nitrogens with one attached hydrogen (secondary N) is 1. The molecule has 2 atom stereocenters. The standard InChI is InChI=1S/C11H14F3NO3/c12-11(13,14)7-2-1-3-8(6-7)15-9(16)4-5-10(17)18/h4-5,7-8H,1-3,6H2,(H,15,16)(H,17,18)/b5-4+/t7-,8+/m0/s1. The van der Waals surface area contributed by atoms with Crippen molar-refractivity contribution in [3.05, 3.63) is 12.2 Å². The summed E-state index contributed by atoms with van der Waals surface area (Å²) in [7, 11) is 0. The molecule has 1 saturated carbocycles. The third-order valence-electron chi connectivity index (χ3n) is 2.86. The summed E-state index contributed by atoms with van der Waals surface area (Å²) in [6.07, 6.45) is -1.95. The zero-order valence-electron chi connectivity index (χ0n) is 9.54. The number of carbonyl (C=O) groups excluding carboxylic acids is 1. The number of carboxylic acid groups (broad SMARTS) is 1. The number of aliphatic carboxylic acids is 1. The van der Waals surface area contributed by atoms with E-state index in [0.29, 0.717) is 18.9 Å². The van der Waals surface area contributed by atoms with Crippen molar-refractivity contribution >= 4 is 11.9 Å². The molecule has 0 radical (unpaired) electrons. The van der Waals surface area contributed by atoms with Crippen molar-refractivity contribution in [2.75, 3.05) is 0 Å². The van der Waals surface area contributed by atoms with Gasteiger partial charge >= 0.3 is 12.1 Å². The average Bonchev–Trinajstić information content (AvgIpc) is 2.25. The van der Waals surface area contributed by atoms with Gasteiger partial charge in [0.1, 0.15) is 0 Å². The Morgan fingerprint density at radius 1 is 1.22 bits per heavy atom. The topological polar surface area (TPSA) is 66.4 Å². The summed E-state index contributed by atoms with van der Waals surface area (Å²) in [4.78, 5) is 21.4. The second-order valence-electron chi connectivity index (χ2n) is 4.28. The molecule has 0 spiro atoms. The first-order chi connectivity index (χ1) is 8.29. The Kier molecular flexibility index (Phi) is 4.75. The maximum Gasteiger partial charge on any atom is 0.391 e. The molecule has 0 aromatic rings. The van der Waals surface area contributed by atoms with Crippen LogP contribution in [-0.4, -0.2) is 29.2 Å². The summed E-state index contributed by atoms with van der Waals surface area (Å²) in [6, 6.07) is -0.545. The van der Waals surface area contributed by atoms with E-state index in [0.717, 1.165) is 6.08 Å². The molecule has 18 heavy (non-hydrogen) atoms. The van der Waals surface area contributed by atoms with Gasteiger partial charge in [0.15, 0.2) is 0 Å². The highest BCUT2D eigenvalue weighted by atomic mass is 19.4. The maximum atomic E-state index is 12.5. The van der Waals surface area contributed by atoms with Gasteiger partial charge in [-0.1, -0.05) is 6.42 Å². The highest BCUT2D eigenvalue weighted by molar-refractivity contribution is 5.93. The molecule has 0 bridgehead atoms. The van der Waals surface area contributed by atoms with Crippen LogP contribution in [0.5, 0.6) is 0 Å². The molecule has 102 valence electrons. The molecule has 0 saturated heterocycles. The van der Waals surface area contributed by atoms with Crippen LogP contribution >= 0.6 is 0 Å². The lowest BCUT2D eigenvalue weighted by atomic mass is 9.85. The lowest BCUT2D eigenvalue weighted by Gasteiger charge is -2.30. The smallest absolute Gasteiger partial charge is 0.391 e. The highest BCUT2D eigenvalue weighted by Crippen LogP contribution is 2.37. The molecular weight excluding hydrogens is 251 g/mol. The van der Waals surface area contributed by atoms with Crippen LogP contribution < -0.4 is 5.32 Å². The number of hydrogen-bond acceptors (Lipinski definition) is 2. The molecule has 7 heteroatoms. The Morgan fingerprint density at radius 2 is 1.89 bits per heavy atom. The van der Waals surface area contributed by atoms with Crippen molar-refractivity contribution in [2.24, 2.45) is 5.92 Å². The van der Waals surface area contributed by atoms with Crippen LogP contribution in [0.4, 0.5) is 13.2 Å². The molecule has 1 aliphatic carbocycles. The Morgan fingerprint density at radius 3 is 2.44 bits per heavy atom. The van der Waals surface area contributed by atoms with Crippen LogP contribution in [0.2, 0.25) is 0 Å². The van der Waals surface area contributed by atoms with E-state index in [9.17, 15) is 22.8 Å². The first-order valence-corrected chi connectivity index (χ1v) is 5.57. The van der Waals surface area contributed by atoms with Crippen molar-refractivity contribution in [1.82, 2.24) is 5.32 Å². The minimum Gasteiger partial charge on any atom is -0.478 e. The fourth-order valence-electron chi connectivity index (χ4n) is 2.01. The Hall–Kier alpha value is -1.53. The van der Waals surface area contributed by atoms with Gasteiger partial charge in [-0.05, 0) is 19.3 Å². The van der Waals surface area contributed by atoms with Crippen LogP contribution in [0.15, 0.2) is 12.2 Å². The third kappa shape index (κ3) is 4.77. The number of hydrogen-bond donors (Lipinski definition) is 2. The monoisotopic (exact) mass is 265 g/mol. The molecule has 4 nitrogen and oxygen atoms in total. The lowest BCUT2D eigenvalue weighted by Crippen LogP contribution is -2.41. The van der Waals surface area contributed by atoms with E-state index in [4.69, 9.17) is 5.11 Å². The fraction of sp³-hybridized carbons (Fsp3) is 0.636. The Labute approximate surface area is 102 Å². The summed E-state index contributed by atoms with van der Waals surface area (Å²) >= 11 is 0. The predicted molar refractivity (Wildman–Crippen MR) is 56.7 cm³/mol. The molecule has 0 aromatic carbocycles. The summed E-state index contributed by atoms with van der Waals surface area (Å²) in [5, 5.41) is 10.7. The highest BCUT2D eigenvalue weighted by Gasteiger charge is 2.42. The largest absolute Gasteiger partial charge is 0.478 e. The second kappa shape index (κ2) is 5.88. The first-order valence-electron chi connectivity index (χ1n) is 5.57. The zero-order valence-corrected chi connectivity index (χ0v) is 9.54. The first kappa shape index (κ1) is 14.5. The molecule has 1 fully saturated rings. The minimum atomic E-state index is -4.24. The van der Waals surface area contributed by atoms with Gasteiger partial charge in [-0.2, -0.15) is 13.2 Å². The Bertz CT molecular complexity index is 352. The molecule has 2 N–H and O–H groups in total. The molecule has 1 rings (SSSR count). The Balaban J connectivity index is 2.48. The number of carbonyl (C=O) groups is 2. The van der Waals surface area contributed by atoms with E-state index in [-0.39, 0.29) is 12.8 Å². The normalized spacial score (nSPS) is 25.1. The van der Waals surface area contributed by atoms with E-state index in [1.807, 2.05) is 0 Å². The van der Waals surface area contributed by atoms with E-state index < -0.39 is 30.0 Å². The zero-order chi connectivity index (χ0) is 13.8. The van der Waals surface area contributed by atoms with Crippen molar-refractivity contribution < 1.29 is 27.9 Å². The number of amides is 1. The number of alkyl halides is 3. The summed E-state index contributed by atoms with van der Waals surface area (Å²) in [5.41, 5.74) is 0. The minimum absolute atomic E-state index is 0.0842. The van der Waals surface area contributed by atoms with Crippen LogP contribution in [0.25, 0.3) is 0 Å². The van der Waals surface area contributed by atoms with E-state index in [2.05, 4.69) is 5.32 Å². The molecule has 1 aliphatic rings. The fourth-order valence-corrected chi connectivity index (χ4v) is 2.01. The molecule has 0 unspecified atom stereocenters. The van der Waals surface area contributed by atoms with Gasteiger partial charge in [-0.25, -0.2) is 4.79 Å². The predicted octanol–water partition coefficient (Wildman–Crippen LogP) is 1.86. The average molecular weight is 265 g/mol. The van der Waals surface area contributed by atoms with Gasteiger partial charge in [0, 0.05) is 18.2 Å². The number of carboxylic acids is 1. The second-order valence-corrected chi connectivity index (χ2v) is 4.28. The maximum absolute atomic E-state index is 12.5. The quantitative estimate of drug-likeness (QED) is 0.765. The van der Waals surface area contributed by atoms with Crippen molar-refractivity contribution in [3.63, 3.8) is 0 Å². The van der Waals surface area contributed by atoms with Crippen LogP contribution in [-0.2, 0) is 9.59 Å². The molecule has 0 aromatic heterocycles. The molecule has 1 amide bonds. The third-order valence-corrected chi connectivity index (χ3v) is 2.86. The number of rotatable bonds is 3. The summed E-state index contributed by atoms with van der Waals surface area (Å²) in [5.74, 6) is -3.34. The van der Waals surface area contributed by atoms with Crippen molar-refractivity contribution in [3.8, 4) is 0 Å². The summed E-state index contributed by atoms with van der Waals surface area (Å²) in [6.45, 7) is 0. The van der Waals surface area contributed by atoms with E-state index >= 15 is 0 Å².